The summed E-state index contributed by atoms with van der Waals surface area (Å²) < 4.78 is 5.10. The van der Waals surface area contributed by atoms with Crippen molar-refractivity contribution >= 4 is 11.9 Å². The third kappa shape index (κ3) is 5.45. The quantitative estimate of drug-likeness (QED) is 0.837. The van der Waals surface area contributed by atoms with Crippen molar-refractivity contribution in [1.82, 2.24) is 5.32 Å². The Labute approximate surface area is 149 Å². The summed E-state index contributed by atoms with van der Waals surface area (Å²) in [7, 11) is 0. The van der Waals surface area contributed by atoms with Crippen molar-refractivity contribution in [2.75, 3.05) is 6.61 Å². The first-order valence-corrected chi connectivity index (χ1v) is 8.39. The Morgan fingerprint density at radius 3 is 2.16 bits per heavy atom. The molecule has 2 rings (SSSR count). The van der Waals surface area contributed by atoms with Gasteiger partial charge in [-0.3, -0.25) is 4.79 Å². The molecule has 0 bridgehead atoms. The van der Waals surface area contributed by atoms with Gasteiger partial charge in [-0.25, -0.2) is 4.79 Å². The number of hydrogen-bond acceptors (Lipinski definition) is 3. The highest BCUT2D eigenvalue weighted by molar-refractivity contribution is 5.91. The van der Waals surface area contributed by atoms with Crippen LogP contribution in [0, 0.1) is 0 Å². The number of carbonyl (C=O) groups is 2. The predicted molar refractivity (Wildman–Crippen MR) is 98.4 cm³/mol. The molecule has 25 heavy (non-hydrogen) atoms. The molecule has 4 heteroatoms. The zero-order valence-electron chi connectivity index (χ0n) is 15.2. The summed E-state index contributed by atoms with van der Waals surface area (Å²) in [5.41, 5.74) is 2.60. The van der Waals surface area contributed by atoms with Crippen molar-refractivity contribution in [2.45, 2.75) is 39.2 Å². The van der Waals surface area contributed by atoms with Crippen molar-refractivity contribution in [3.63, 3.8) is 0 Å². The second-order valence-electron chi connectivity index (χ2n) is 7.10. The second kappa shape index (κ2) is 7.97. The SMILES string of the molecule is CC(NC(=O)COC(=O)c1ccc(C(C)(C)C)cc1)c1ccccc1. The number of amides is 1. The Hall–Kier alpha value is -2.62. The molecule has 1 amide bonds. The highest BCUT2D eigenvalue weighted by atomic mass is 16.5. The van der Waals surface area contributed by atoms with Gasteiger partial charge in [-0.15, -0.1) is 0 Å². The first kappa shape index (κ1) is 18.7. The van der Waals surface area contributed by atoms with Crippen LogP contribution in [0.25, 0.3) is 0 Å². The van der Waals surface area contributed by atoms with E-state index in [1.54, 1.807) is 12.1 Å². The van der Waals surface area contributed by atoms with Gasteiger partial charge in [-0.05, 0) is 35.6 Å². The van der Waals surface area contributed by atoms with Crippen LogP contribution < -0.4 is 5.32 Å². The summed E-state index contributed by atoms with van der Waals surface area (Å²) in [6.45, 7) is 7.92. The summed E-state index contributed by atoms with van der Waals surface area (Å²) in [5, 5.41) is 2.82. The molecule has 0 aromatic heterocycles. The van der Waals surface area contributed by atoms with Gasteiger partial charge in [-0.1, -0.05) is 63.2 Å². The highest BCUT2D eigenvalue weighted by Gasteiger charge is 2.16. The molecule has 4 nitrogen and oxygen atoms in total. The van der Waals surface area contributed by atoms with E-state index in [0.717, 1.165) is 11.1 Å². The van der Waals surface area contributed by atoms with Crippen LogP contribution >= 0.6 is 0 Å². The lowest BCUT2D eigenvalue weighted by molar-refractivity contribution is -0.124. The summed E-state index contributed by atoms with van der Waals surface area (Å²) in [6.07, 6.45) is 0. The largest absolute Gasteiger partial charge is 0.452 e. The number of ether oxygens (including phenoxy) is 1. The highest BCUT2D eigenvalue weighted by Crippen LogP contribution is 2.22. The van der Waals surface area contributed by atoms with Gasteiger partial charge in [0.25, 0.3) is 5.91 Å². The van der Waals surface area contributed by atoms with Crippen molar-refractivity contribution in [1.29, 1.82) is 0 Å². The number of benzene rings is 2. The molecule has 0 heterocycles. The summed E-state index contributed by atoms with van der Waals surface area (Å²) >= 11 is 0. The van der Waals surface area contributed by atoms with E-state index in [1.807, 2.05) is 49.4 Å². The molecule has 0 fully saturated rings. The Kier molecular flexibility index (Phi) is 5.97. The van der Waals surface area contributed by atoms with E-state index in [1.165, 1.54) is 0 Å². The van der Waals surface area contributed by atoms with Crippen LogP contribution in [0.15, 0.2) is 54.6 Å². The van der Waals surface area contributed by atoms with Crippen LogP contribution in [0.5, 0.6) is 0 Å². The number of carbonyl (C=O) groups excluding carboxylic acids is 2. The number of nitrogens with one attached hydrogen (secondary N) is 1. The molecule has 1 atom stereocenters. The van der Waals surface area contributed by atoms with Crippen LogP contribution in [-0.4, -0.2) is 18.5 Å². The molecule has 2 aromatic rings. The van der Waals surface area contributed by atoms with Crippen LogP contribution in [0.1, 0.15) is 55.2 Å². The second-order valence-corrected chi connectivity index (χ2v) is 7.10. The maximum absolute atomic E-state index is 12.1. The lowest BCUT2D eigenvalue weighted by Gasteiger charge is -2.19. The van der Waals surface area contributed by atoms with E-state index in [2.05, 4.69) is 26.1 Å². The first-order valence-electron chi connectivity index (χ1n) is 8.39. The standard InChI is InChI=1S/C21H25NO3/c1-15(16-8-6-5-7-9-16)22-19(23)14-25-20(24)17-10-12-18(13-11-17)21(2,3)4/h5-13,15H,14H2,1-4H3,(H,22,23). The van der Waals surface area contributed by atoms with Crippen molar-refractivity contribution in [3.05, 3.63) is 71.3 Å². The zero-order chi connectivity index (χ0) is 18.4. The Balaban J connectivity index is 1.86. The van der Waals surface area contributed by atoms with Gasteiger partial charge in [0.15, 0.2) is 6.61 Å². The molecule has 0 saturated heterocycles. The minimum Gasteiger partial charge on any atom is -0.452 e. The molecule has 0 aliphatic rings. The molecule has 0 saturated carbocycles. The van der Waals surface area contributed by atoms with Crippen molar-refractivity contribution in [2.24, 2.45) is 0 Å². The van der Waals surface area contributed by atoms with Crippen LogP contribution in [0.4, 0.5) is 0 Å². The van der Waals surface area contributed by atoms with Gasteiger partial charge in [0.2, 0.25) is 0 Å². The zero-order valence-corrected chi connectivity index (χ0v) is 15.2. The molecule has 1 N–H and O–H groups in total. The molecule has 0 aliphatic carbocycles. The van der Waals surface area contributed by atoms with Gasteiger partial charge in [0.1, 0.15) is 0 Å². The maximum atomic E-state index is 12.1. The molecular weight excluding hydrogens is 314 g/mol. The van der Waals surface area contributed by atoms with Gasteiger partial charge in [0.05, 0.1) is 11.6 Å². The van der Waals surface area contributed by atoms with E-state index in [4.69, 9.17) is 4.74 Å². The lowest BCUT2D eigenvalue weighted by Crippen LogP contribution is -2.31. The van der Waals surface area contributed by atoms with E-state index >= 15 is 0 Å². The number of hydrogen-bond donors (Lipinski definition) is 1. The fraction of sp³-hybridized carbons (Fsp3) is 0.333. The van der Waals surface area contributed by atoms with Crippen LogP contribution in [0.3, 0.4) is 0 Å². The fourth-order valence-electron chi connectivity index (χ4n) is 2.43. The van der Waals surface area contributed by atoms with Gasteiger partial charge in [0, 0.05) is 0 Å². The molecule has 0 radical (unpaired) electrons. The monoisotopic (exact) mass is 339 g/mol. The summed E-state index contributed by atoms with van der Waals surface area (Å²) in [4.78, 5) is 24.0. The molecule has 1 unspecified atom stereocenters. The third-order valence-electron chi connectivity index (χ3n) is 4.00. The smallest absolute Gasteiger partial charge is 0.338 e. The van der Waals surface area contributed by atoms with Crippen LogP contribution in [0.2, 0.25) is 0 Å². The normalized spacial score (nSPS) is 12.3. The van der Waals surface area contributed by atoms with Crippen molar-refractivity contribution < 1.29 is 14.3 Å². The van der Waals surface area contributed by atoms with Gasteiger partial charge < -0.3 is 10.1 Å². The van der Waals surface area contributed by atoms with Crippen LogP contribution in [-0.2, 0) is 14.9 Å². The van der Waals surface area contributed by atoms with E-state index in [0.29, 0.717) is 5.56 Å². The summed E-state index contributed by atoms with van der Waals surface area (Å²) in [6, 6.07) is 16.8. The average molecular weight is 339 g/mol. The summed E-state index contributed by atoms with van der Waals surface area (Å²) in [5.74, 6) is -0.820. The van der Waals surface area contributed by atoms with E-state index in [-0.39, 0.29) is 24.0 Å². The predicted octanol–water partition coefficient (Wildman–Crippen LogP) is 4.02. The van der Waals surface area contributed by atoms with E-state index < -0.39 is 5.97 Å². The minimum absolute atomic E-state index is 0.0237. The number of esters is 1. The molecule has 0 aliphatic heterocycles. The number of rotatable bonds is 5. The maximum Gasteiger partial charge on any atom is 0.338 e. The molecular formula is C21H25NO3. The van der Waals surface area contributed by atoms with Gasteiger partial charge in [-0.2, -0.15) is 0 Å². The Morgan fingerprint density at radius 1 is 1.00 bits per heavy atom. The molecule has 132 valence electrons. The molecule has 0 spiro atoms. The van der Waals surface area contributed by atoms with Crippen molar-refractivity contribution in [3.8, 4) is 0 Å². The lowest BCUT2D eigenvalue weighted by atomic mass is 9.87. The average Bonchev–Trinajstić information content (AvgIpc) is 2.59. The fourth-order valence-corrected chi connectivity index (χ4v) is 2.43. The first-order chi connectivity index (χ1) is 11.8. The third-order valence-corrected chi connectivity index (χ3v) is 4.00. The van der Waals surface area contributed by atoms with E-state index in [9.17, 15) is 9.59 Å². The topological polar surface area (TPSA) is 55.4 Å². The molecule has 2 aromatic carbocycles. The Bertz CT molecular complexity index is 715. The Morgan fingerprint density at radius 2 is 1.60 bits per heavy atom. The van der Waals surface area contributed by atoms with Gasteiger partial charge >= 0.3 is 5.97 Å². The minimum atomic E-state index is -0.497.